The highest BCUT2D eigenvalue weighted by atomic mass is 16.1. The molecule has 0 radical (unpaired) electrons. The summed E-state index contributed by atoms with van der Waals surface area (Å²) in [5.41, 5.74) is 3.98. The number of carbonyl (C=O) groups excluding carboxylic acids is 1. The molecule has 27 heavy (non-hydrogen) atoms. The largest absolute Gasteiger partial charge is 0.349 e. The Balaban J connectivity index is 1.79. The number of piperidine rings is 1. The summed E-state index contributed by atoms with van der Waals surface area (Å²) in [7, 11) is 1.87. The van der Waals surface area contributed by atoms with Crippen molar-refractivity contribution in [2.45, 2.75) is 26.3 Å². The Bertz CT molecular complexity index is 979. The van der Waals surface area contributed by atoms with E-state index in [1.807, 2.05) is 50.4 Å². The zero-order chi connectivity index (χ0) is 19.0. The van der Waals surface area contributed by atoms with Crippen LogP contribution >= 0.6 is 0 Å². The van der Waals surface area contributed by atoms with E-state index in [4.69, 9.17) is 4.98 Å². The second kappa shape index (κ2) is 7.12. The number of benzene rings is 1. The predicted molar refractivity (Wildman–Crippen MR) is 107 cm³/mol. The van der Waals surface area contributed by atoms with Crippen LogP contribution in [0.15, 0.2) is 36.4 Å². The second-order valence-electron chi connectivity index (χ2n) is 7.38. The van der Waals surface area contributed by atoms with E-state index in [-0.39, 0.29) is 11.9 Å². The van der Waals surface area contributed by atoms with Gasteiger partial charge in [-0.25, -0.2) is 4.98 Å². The van der Waals surface area contributed by atoms with Gasteiger partial charge < -0.3 is 10.6 Å². The summed E-state index contributed by atoms with van der Waals surface area (Å²) in [5, 5.41) is 11.9. The first-order valence-corrected chi connectivity index (χ1v) is 9.46. The van der Waals surface area contributed by atoms with Gasteiger partial charge in [-0.15, -0.1) is 0 Å². The van der Waals surface area contributed by atoms with Crippen molar-refractivity contribution in [1.29, 1.82) is 0 Å². The molecule has 1 aromatic carbocycles. The van der Waals surface area contributed by atoms with Crippen LogP contribution in [0.2, 0.25) is 0 Å². The number of nitrogens with one attached hydrogen (secondary N) is 2. The van der Waals surface area contributed by atoms with Gasteiger partial charge in [0.25, 0.3) is 5.91 Å². The fourth-order valence-electron chi connectivity index (χ4n) is 3.86. The Labute approximate surface area is 159 Å². The number of rotatable bonds is 3. The van der Waals surface area contributed by atoms with E-state index in [9.17, 15) is 4.79 Å². The van der Waals surface area contributed by atoms with Crippen LogP contribution in [0.1, 0.15) is 29.4 Å². The summed E-state index contributed by atoms with van der Waals surface area (Å²) >= 11 is 0. The lowest BCUT2D eigenvalue weighted by Crippen LogP contribution is -2.48. The highest BCUT2D eigenvalue weighted by Crippen LogP contribution is 2.27. The van der Waals surface area contributed by atoms with E-state index >= 15 is 0 Å². The minimum Gasteiger partial charge on any atom is -0.349 e. The van der Waals surface area contributed by atoms with Crippen molar-refractivity contribution in [2.24, 2.45) is 13.0 Å². The van der Waals surface area contributed by atoms with Crippen molar-refractivity contribution in [3.63, 3.8) is 0 Å². The van der Waals surface area contributed by atoms with Crippen molar-refractivity contribution in [3.05, 3.63) is 47.7 Å². The first-order chi connectivity index (χ1) is 13.0. The Kier molecular flexibility index (Phi) is 4.66. The van der Waals surface area contributed by atoms with Gasteiger partial charge in [0.05, 0.1) is 22.3 Å². The average Bonchev–Trinajstić information content (AvgIpc) is 2.97. The molecule has 0 bridgehead atoms. The van der Waals surface area contributed by atoms with Crippen molar-refractivity contribution >= 4 is 16.9 Å². The fourth-order valence-corrected chi connectivity index (χ4v) is 3.86. The lowest BCUT2D eigenvalue weighted by Gasteiger charge is -2.30. The molecule has 2 atom stereocenters. The summed E-state index contributed by atoms with van der Waals surface area (Å²) in [6.07, 6.45) is 0.943. The molecular weight excluding hydrogens is 338 g/mol. The maximum absolute atomic E-state index is 13.2. The van der Waals surface area contributed by atoms with Crippen LogP contribution < -0.4 is 10.6 Å². The topological polar surface area (TPSA) is 71.8 Å². The molecule has 0 aliphatic carbocycles. The Morgan fingerprint density at radius 2 is 2.07 bits per heavy atom. The monoisotopic (exact) mass is 363 g/mol. The van der Waals surface area contributed by atoms with Crippen molar-refractivity contribution in [2.75, 3.05) is 13.1 Å². The maximum atomic E-state index is 13.2. The number of nitrogens with zero attached hydrogens (tertiary/aromatic N) is 3. The van der Waals surface area contributed by atoms with Crippen LogP contribution in [-0.4, -0.2) is 39.8 Å². The van der Waals surface area contributed by atoms with Crippen LogP contribution in [-0.2, 0) is 7.05 Å². The Hall–Kier alpha value is -2.73. The van der Waals surface area contributed by atoms with Crippen LogP contribution in [0.3, 0.4) is 0 Å². The Morgan fingerprint density at radius 3 is 2.81 bits per heavy atom. The molecule has 1 fully saturated rings. The summed E-state index contributed by atoms with van der Waals surface area (Å²) < 4.78 is 1.75. The second-order valence-corrected chi connectivity index (χ2v) is 7.38. The van der Waals surface area contributed by atoms with E-state index in [1.54, 1.807) is 4.68 Å². The first-order valence-electron chi connectivity index (χ1n) is 9.46. The summed E-state index contributed by atoms with van der Waals surface area (Å²) in [6.45, 7) is 5.96. The molecule has 0 spiro atoms. The molecule has 1 aliphatic rings. The van der Waals surface area contributed by atoms with E-state index in [0.29, 0.717) is 11.5 Å². The first kappa shape index (κ1) is 17.7. The molecule has 6 nitrogen and oxygen atoms in total. The zero-order valence-corrected chi connectivity index (χ0v) is 16.0. The molecule has 3 aromatic rings. The third kappa shape index (κ3) is 3.32. The number of hydrogen-bond acceptors (Lipinski definition) is 4. The van der Waals surface area contributed by atoms with E-state index < -0.39 is 0 Å². The summed E-state index contributed by atoms with van der Waals surface area (Å²) in [5.74, 6) is 0.359. The number of aromatic nitrogens is 3. The predicted octanol–water partition coefficient (Wildman–Crippen LogP) is 2.67. The van der Waals surface area contributed by atoms with Gasteiger partial charge in [-0.3, -0.25) is 9.48 Å². The van der Waals surface area contributed by atoms with Gasteiger partial charge in [-0.1, -0.05) is 37.3 Å². The normalized spacial score (nSPS) is 20.0. The molecule has 140 valence electrons. The van der Waals surface area contributed by atoms with E-state index in [2.05, 4.69) is 22.7 Å². The summed E-state index contributed by atoms with van der Waals surface area (Å²) in [6, 6.07) is 12.0. The summed E-state index contributed by atoms with van der Waals surface area (Å²) in [4.78, 5) is 18.0. The molecule has 4 rings (SSSR count). The number of carbonyl (C=O) groups is 1. The van der Waals surface area contributed by atoms with Gasteiger partial charge in [-0.2, -0.15) is 5.10 Å². The van der Waals surface area contributed by atoms with Crippen molar-refractivity contribution in [3.8, 4) is 11.3 Å². The quantitative estimate of drug-likeness (QED) is 0.750. The molecule has 1 aliphatic heterocycles. The number of pyridine rings is 1. The number of amides is 1. The van der Waals surface area contributed by atoms with Gasteiger partial charge >= 0.3 is 0 Å². The molecule has 1 saturated heterocycles. The van der Waals surface area contributed by atoms with Crippen molar-refractivity contribution in [1.82, 2.24) is 25.4 Å². The maximum Gasteiger partial charge on any atom is 0.252 e. The van der Waals surface area contributed by atoms with Gasteiger partial charge in [0.15, 0.2) is 5.65 Å². The lowest BCUT2D eigenvalue weighted by atomic mass is 9.94. The number of fused-ring (bicyclic) bond motifs is 1. The third-order valence-electron chi connectivity index (χ3n) is 5.38. The van der Waals surface area contributed by atoms with Gasteiger partial charge in [0.2, 0.25) is 0 Å². The van der Waals surface area contributed by atoms with Crippen LogP contribution in [0.5, 0.6) is 0 Å². The zero-order valence-electron chi connectivity index (χ0n) is 16.0. The Morgan fingerprint density at radius 1 is 1.30 bits per heavy atom. The lowest BCUT2D eigenvalue weighted by molar-refractivity contribution is 0.0916. The molecule has 1 amide bonds. The van der Waals surface area contributed by atoms with E-state index in [0.717, 1.165) is 47.5 Å². The molecule has 6 heteroatoms. The van der Waals surface area contributed by atoms with E-state index in [1.165, 1.54) is 0 Å². The number of hydrogen-bond donors (Lipinski definition) is 2. The third-order valence-corrected chi connectivity index (χ3v) is 5.38. The van der Waals surface area contributed by atoms with Crippen LogP contribution in [0.4, 0.5) is 0 Å². The standard InChI is InChI=1S/C21H25N5O/c1-13-12-22-10-9-17(13)24-21(27)16-11-18(15-7-5-4-6-8-15)23-20-19(16)14(2)25-26(20)3/h4-8,11,13,17,22H,9-10,12H2,1-3H3,(H,24,27). The fraction of sp³-hybridized carbons (Fsp3) is 0.381. The van der Waals surface area contributed by atoms with Gasteiger partial charge in [0, 0.05) is 18.7 Å². The molecule has 3 heterocycles. The highest BCUT2D eigenvalue weighted by molar-refractivity contribution is 6.07. The highest BCUT2D eigenvalue weighted by Gasteiger charge is 2.25. The molecule has 2 unspecified atom stereocenters. The molecule has 2 N–H and O–H groups in total. The number of aryl methyl sites for hydroxylation is 2. The van der Waals surface area contributed by atoms with Crippen molar-refractivity contribution < 1.29 is 4.79 Å². The molecule has 2 aromatic heterocycles. The van der Waals surface area contributed by atoms with Crippen LogP contribution in [0, 0.1) is 12.8 Å². The smallest absolute Gasteiger partial charge is 0.252 e. The van der Waals surface area contributed by atoms with Gasteiger partial charge in [-0.05, 0) is 38.4 Å². The minimum absolute atomic E-state index is 0.0468. The SMILES string of the molecule is Cc1nn(C)c2nc(-c3ccccc3)cc(C(=O)NC3CCNCC3C)c12. The van der Waals surface area contributed by atoms with Crippen LogP contribution in [0.25, 0.3) is 22.3 Å². The molecular formula is C21H25N5O. The average molecular weight is 363 g/mol. The molecule has 0 saturated carbocycles. The van der Waals surface area contributed by atoms with Gasteiger partial charge in [0.1, 0.15) is 0 Å². The minimum atomic E-state index is -0.0468.